The zero-order chi connectivity index (χ0) is 11.7. The van der Waals surface area contributed by atoms with Crippen molar-refractivity contribution in [1.29, 1.82) is 0 Å². The van der Waals surface area contributed by atoms with Crippen LogP contribution < -0.4 is 4.74 Å². The van der Waals surface area contributed by atoms with Crippen molar-refractivity contribution in [2.75, 3.05) is 19.5 Å². The molecule has 0 aromatic heterocycles. The number of hydrogen-bond donors (Lipinski definition) is 0. The summed E-state index contributed by atoms with van der Waals surface area (Å²) in [7, 11) is 1.69. The molecule has 2 aromatic rings. The lowest BCUT2D eigenvalue weighted by atomic mass is 10.1. The summed E-state index contributed by atoms with van der Waals surface area (Å²) >= 11 is 1.86. The number of methoxy groups -OCH3 is 1. The van der Waals surface area contributed by atoms with Gasteiger partial charge in [-0.25, -0.2) is 0 Å². The van der Waals surface area contributed by atoms with Crippen molar-refractivity contribution < 1.29 is 9.47 Å². The molecule has 3 rings (SSSR count). The number of fused-ring (bicyclic) bond motifs is 1. The second kappa shape index (κ2) is 4.59. The second-order valence-electron chi connectivity index (χ2n) is 4.05. The summed E-state index contributed by atoms with van der Waals surface area (Å²) in [5, 5.41) is 2.44. The summed E-state index contributed by atoms with van der Waals surface area (Å²) in [6, 6.07) is 12.6. The van der Waals surface area contributed by atoms with Gasteiger partial charge in [-0.15, -0.1) is 11.8 Å². The summed E-state index contributed by atoms with van der Waals surface area (Å²) in [6.45, 7) is 0.857. The van der Waals surface area contributed by atoms with E-state index < -0.39 is 0 Å². The molecule has 17 heavy (non-hydrogen) atoms. The van der Waals surface area contributed by atoms with E-state index in [9.17, 15) is 0 Å². The van der Waals surface area contributed by atoms with Gasteiger partial charge in [0.2, 0.25) is 0 Å². The van der Waals surface area contributed by atoms with Gasteiger partial charge in [0.15, 0.2) is 0 Å². The van der Waals surface area contributed by atoms with Crippen molar-refractivity contribution in [1.82, 2.24) is 0 Å². The molecule has 0 N–H and O–H groups in total. The number of rotatable bonds is 2. The molecule has 0 bridgehead atoms. The average Bonchev–Trinajstić information content (AvgIpc) is 2.91. The molecule has 2 nitrogen and oxygen atoms in total. The van der Waals surface area contributed by atoms with Crippen LogP contribution in [0, 0.1) is 0 Å². The molecule has 1 unspecified atom stereocenters. The van der Waals surface area contributed by atoms with E-state index >= 15 is 0 Å². The van der Waals surface area contributed by atoms with Crippen molar-refractivity contribution >= 4 is 22.5 Å². The van der Waals surface area contributed by atoms with E-state index in [1.807, 2.05) is 17.8 Å². The minimum Gasteiger partial charge on any atom is -0.497 e. The lowest BCUT2D eigenvalue weighted by Gasteiger charge is -2.10. The van der Waals surface area contributed by atoms with Crippen LogP contribution in [0.1, 0.15) is 11.0 Å². The maximum absolute atomic E-state index is 5.67. The second-order valence-corrected chi connectivity index (χ2v) is 5.22. The third kappa shape index (κ3) is 2.13. The van der Waals surface area contributed by atoms with E-state index in [4.69, 9.17) is 9.47 Å². The Morgan fingerprint density at radius 2 is 2.00 bits per heavy atom. The van der Waals surface area contributed by atoms with Crippen LogP contribution >= 0.6 is 11.8 Å². The predicted molar refractivity (Wildman–Crippen MR) is 71.7 cm³/mol. The molecule has 0 radical (unpaired) electrons. The maximum atomic E-state index is 5.67. The molecular weight excluding hydrogens is 232 g/mol. The summed E-state index contributed by atoms with van der Waals surface area (Å²) in [5.74, 6) is 1.99. The average molecular weight is 246 g/mol. The Morgan fingerprint density at radius 1 is 1.18 bits per heavy atom. The summed E-state index contributed by atoms with van der Waals surface area (Å²) in [4.78, 5) is 0. The molecular formula is C14H14O2S. The van der Waals surface area contributed by atoms with Crippen molar-refractivity contribution in [2.24, 2.45) is 0 Å². The van der Waals surface area contributed by atoms with E-state index in [-0.39, 0.29) is 5.44 Å². The molecule has 88 valence electrons. The van der Waals surface area contributed by atoms with Crippen molar-refractivity contribution in [3.05, 3.63) is 42.0 Å². The number of benzene rings is 2. The molecule has 1 fully saturated rings. The maximum Gasteiger partial charge on any atom is 0.128 e. The highest BCUT2D eigenvalue weighted by molar-refractivity contribution is 7.99. The third-order valence-electron chi connectivity index (χ3n) is 2.97. The van der Waals surface area contributed by atoms with Crippen LogP contribution in [-0.2, 0) is 4.74 Å². The van der Waals surface area contributed by atoms with E-state index in [0.717, 1.165) is 18.1 Å². The Hall–Kier alpha value is -1.19. The van der Waals surface area contributed by atoms with Gasteiger partial charge in [0.05, 0.1) is 13.7 Å². The van der Waals surface area contributed by atoms with Crippen LogP contribution in [0.4, 0.5) is 0 Å². The smallest absolute Gasteiger partial charge is 0.128 e. The Bertz CT molecular complexity index is 533. The quantitative estimate of drug-likeness (QED) is 0.806. The molecule has 1 aliphatic heterocycles. The van der Waals surface area contributed by atoms with Gasteiger partial charge in [-0.05, 0) is 34.5 Å². The fraction of sp³-hybridized carbons (Fsp3) is 0.286. The van der Waals surface area contributed by atoms with Gasteiger partial charge in [0, 0.05) is 5.75 Å². The van der Waals surface area contributed by atoms with Gasteiger partial charge < -0.3 is 9.47 Å². The predicted octanol–water partition coefficient (Wildman–Crippen LogP) is 3.61. The number of ether oxygens (including phenoxy) is 2. The van der Waals surface area contributed by atoms with Crippen molar-refractivity contribution in [3.63, 3.8) is 0 Å². The van der Waals surface area contributed by atoms with Crippen LogP contribution in [0.25, 0.3) is 10.8 Å². The summed E-state index contributed by atoms with van der Waals surface area (Å²) < 4.78 is 10.9. The molecule has 1 atom stereocenters. The van der Waals surface area contributed by atoms with Gasteiger partial charge in [-0.3, -0.25) is 0 Å². The first kappa shape index (κ1) is 10.9. The largest absolute Gasteiger partial charge is 0.497 e. The zero-order valence-electron chi connectivity index (χ0n) is 9.68. The first-order valence-corrected chi connectivity index (χ1v) is 6.72. The van der Waals surface area contributed by atoms with Crippen LogP contribution in [0.15, 0.2) is 36.4 Å². The normalized spacial score (nSPS) is 19.7. The Balaban J connectivity index is 2.01. The fourth-order valence-electron chi connectivity index (χ4n) is 2.07. The van der Waals surface area contributed by atoms with Gasteiger partial charge in [-0.2, -0.15) is 0 Å². The fourth-order valence-corrected chi connectivity index (χ4v) is 3.00. The molecule has 1 heterocycles. The molecule has 0 spiro atoms. The van der Waals surface area contributed by atoms with Crippen molar-refractivity contribution in [2.45, 2.75) is 5.44 Å². The number of thioether (sulfide) groups is 1. The van der Waals surface area contributed by atoms with Crippen LogP contribution in [0.5, 0.6) is 5.75 Å². The summed E-state index contributed by atoms with van der Waals surface area (Å²) in [5.41, 5.74) is 1.46. The highest BCUT2D eigenvalue weighted by Gasteiger charge is 2.18. The topological polar surface area (TPSA) is 18.5 Å². The molecule has 1 saturated heterocycles. The minimum atomic E-state index is 0.210. The number of hydrogen-bond acceptors (Lipinski definition) is 3. The van der Waals surface area contributed by atoms with Crippen LogP contribution in [-0.4, -0.2) is 19.5 Å². The van der Waals surface area contributed by atoms with Gasteiger partial charge in [0.1, 0.15) is 11.2 Å². The highest BCUT2D eigenvalue weighted by atomic mass is 32.2. The van der Waals surface area contributed by atoms with E-state index in [1.54, 1.807) is 7.11 Å². The monoisotopic (exact) mass is 246 g/mol. The molecule has 1 aliphatic rings. The lowest BCUT2D eigenvalue weighted by molar-refractivity contribution is 0.145. The molecule has 2 aromatic carbocycles. The molecule has 0 aliphatic carbocycles. The minimum absolute atomic E-state index is 0.210. The Morgan fingerprint density at radius 3 is 2.76 bits per heavy atom. The molecule has 3 heteroatoms. The Kier molecular flexibility index (Phi) is 2.95. The van der Waals surface area contributed by atoms with E-state index in [1.165, 1.54) is 16.3 Å². The van der Waals surface area contributed by atoms with Crippen LogP contribution in [0.2, 0.25) is 0 Å². The van der Waals surface area contributed by atoms with E-state index in [0.29, 0.717) is 0 Å². The highest BCUT2D eigenvalue weighted by Crippen LogP contribution is 2.36. The Labute approximate surface area is 105 Å². The SMILES string of the molecule is COc1ccc2cc(C3OCCS3)ccc2c1. The van der Waals surface area contributed by atoms with Gasteiger partial charge in [0.25, 0.3) is 0 Å². The lowest BCUT2D eigenvalue weighted by Crippen LogP contribution is -1.92. The zero-order valence-corrected chi connectivity index (χ0v) is 10.5. The van der Waals surface area contributed by atoms with E-state index in [2.05, 4.69) is 30.3 Å². The third-order valence-corrected chi connectivity index (χ3v) is 4.08. The molecule has 0 amide bonds. The van der Waals surface area contributed by atoms with Gasteiger partial charge >= 0.3 is 0 Å². The van der Waals surface area contributed by atoms with Crippen molar-refractivity contribution in [3.8, 4) is 5.75 Å². The van der Waals surface area contributed by atoms with Gasteiger partial charge in [-0.1, -0.05) is 18.2 Å². The van der Waals surface area contributed by atoms with Crippen LogP contribution in [0.3, 0.4) is 0 Å². The standard InChI is InChI=1S/C14H14O2S/c1-15-13-5-4-10-8-12(3-2-11(10)9-13)14-16-6-7-17-14/h2-5,8-9,14H,6-7H2,1H3. The first-order chi connectivity index (χ1) is 8.36. The molecule has 0 saturated carbocycles. The first-order valence-electron chi connectivity index (χ1n) is 5.68. The summed E-state index contributed by atoms with van der Waals surface area (Å²) in [6.07, 6.45) is 0.